The number of methoxy groups -OCH3 is 3. The minimum Gasteiger partial charge on any atom is -0.370 e. The van der Waals surface area contributed by atoms with Gasteiger partial charge in [0.2, 0.25) is 5.91 Å². The first kappa shape index (κ1) is 28.3. The summed E-state index contributed by atoms with van der Waals surface area (Å²) in [4.78, 5) is 11.6. The topological polar surface area (TPSA) is 80.0 Å². The molecule has 1 amide bonds. The molecule has 0 spiro atoms. The Balaban J connectivity index is 1.73. The van der Waals surface area contributed by atoms with Crippen molar-refractivity contribution in [1.29, 1.82) is 0 Å². The summed E-state index contributed by atoms with van der Waals surface area (Å²) in [7, 11) is 4.76. The van der Waals surface area contributed by atoms with Crippen molar-refractivity contribution in [1.82, 2.24) is 0 Å². The molecule has 0 aromatic rings. The molecule has 0 radical (unpaired) electrons. The maximum atomic E-state index is 11.6. The second kappa shape index (κ2) is 10.8. The van der Waals surface area contributed by atoms with Crippen molar-refractivity contribution in [2.24, 2.45) is 58.0 Å². The largest absolute Gasteiger partial charge is 0.412 e. The number of hydrogen-bond acceptors (Lipinski definition) is 5. The van der Waals surface area contributed by atoms with Crippen LogP contribution in [0.4, 0.5) is 0 Å². The van der Waals surface area contributed by atoms with Gasteiger partial charge in [0.05, 0.1) is 6.10 Å². The van der Waals surface area contributed by atoms with E-state index in [-0.39, 0.29) is 17.4 Å². The average molecular weight is 508 g/mol. The first-order chi connectivity index (χ1) is 17.1. The van der Waals surface area contributed by atoms with Gasteiger partial charge < -0.3 is 19.9 Å². The predicted octanol–water partition coefficient (Wildman–Crippen LogP) is 6.12. The average Bonchev–Trinajstić information content (AvgIpc) is 3.24. The fourth-order valence-corrected chi connectivity index (χ4v) is 10.2. The highest BCUT2D eigenvalue weighted by molar-refractivity contribution is 5.73. The molecular weight excluding hydrogens is 454 g/mol. The number of fused-ring (bicyclic) bond motifs is 5. The van der Waals surface area contributed by atoms with E-state index in [0.717, 1.165) is 30.6 Å². The Morgan fingerprint density at radius 3 is 2.31 bits per heavy atom. The number of hydrogen-bond donors (Lipinski definition) is 1. The van der Waals surface area contributed by atoms with E-state index in [2.05, 4.69) is 27.7 Å². The molecule has 0 unspecified atom stereocenters. The molecule has 4 aliphatic carbocycles. The standard InChI is InChI=1S/C30H53NO5/c1-8-20-17-21-24-14-13-22(19(2)12-15-27(31)32)29(24,4)26(36-30(33-5,34-6)35-7)18-25(21)28(3)16-10-9-11-23(20)28/h19-26H,8-18H2,1-7H3,(H2,31,32)/t19-,20+,21+,22-,23+,24+,25+,26+,28+,29-/m1/s1. The Kier molecular flexibility index (Phi) is 8.51. The number of primary amides is 1. The molecule has 4 saturated carbocycles. The van der Waals surface area contributed by atoms with E-state index in [1.54, 1.807) is 21.3 Å². The van der Waals surface area contributed by atoms with Gasteiger partial charge in [-0.2, -0.15) is 0 Å². The normalized spacial score (nSPS) is 43.4. The van der Waals surface area contributed by atoms with Crippen molar-refractivity contribution in [2.75, 3.05) is 21.3 Å². The molecule has 4 fully saturated rings. The SMILES string of the molecule is CC[C@H]1C[C@@H]2[C@H](C[C@H](OC(OC)(OC)OC)[C@]3(C)[C@@H]([C@H](C)CCC(N)=O)CC[C@@H]23)[C@@]2(C)CCCC[C@@H]12. The molecule has 4 rings (SSSR count). The Hall–Kier alpha value is -0.690. The summed E-state index contributed by atoms with van der Waals surface area (Å²) < 4.78 is 23.9. The van der Waals surface area contributed by atoms with Gasteiger partial charge in [-0.15, -0.1) is 0 Å². The van der Waals surface area contributed by atoms with Crippen LogP contribution in [0.1, 0.15) is 98.3 Å². The summed E-state index contributed by atoms with van der Waals surface area (Å²) in [6.07, 6.45) is 11.3. The van der Waals surface area contributed by atoms with Crippen LogP contribution in [-0.2, 0) is 23.7 Å². The number of carbonyl (C=O) groups excluding carboxylic acids is 1. The van der Waals surface area contributed by atoms with Crippen LogP contribution >= 0.6 is 0 Å². The van der Waals surface area contributed by atoms with Crippen LogP contribution in [-0.4, -0.2) is 39.5 Å². The van der Waals surface area contributed by atoms with Crippen molar-refractivity contribution in [3.05, 3.63) is 0 Å². The highest BCUT2D eigenvalue weighted by atomic mass is 17.0. The van der Waals surface area contributed by atoms with Gasteiger partial charge in [0, 0.05) is 33.2 Å². The first-order valence-electron chi connectivity index (χ1n) is 14.7. The Bertz CT molecular complexity index is 762. The quantitative estimate of drug-likeness (QED) is 0.360. The summed E-state index contributed by atoms with van der Waals surface area (Å²) in [5.41, 5.74) is 5.89. The van der Waals surface area contributed by atoms with Gasteiger partial charge >= 0.3 is 6.16 Å². The van der Waals surface area contributed by atoms with Crippen molar-refractivity contribution in [3.63, 3.8) is 0 Å². The number of nitrogens with two attached hydrogens (primary N) is 1. The second-order valence-corrected chi connectivity index (χ2v) is 13.1. The van der Waals surface area contributed by atoms with Gasteiger partial charge in [0.15, 0.2) is 0 Å². The second-order valence-electron chi connectivity index (χ2n) is 13.1. The maximum Gasteiger partial charge on any atom is 0.412 e. The Morgan fingerprint density at radius 1 is 1.00 bits per heavy atom. The van der Waals surface area contributed by atoms with Crippen molar-refractivity contribution in [2.45, 2.75) is 111 Å². The molecule has 2 N–H and O–H groups in total. The van der Waals surface area contributed by atoms with Gasteiger partial charge in [-0.1, -0.05) is 47.0 Å². The zero-order valence-corrected chi connectivity index (χ0v) is 24.0. The molecule has 0 saturated heterocycles. The molecule has 0 bridgehead atoms. The summed E-state index contributed by atoms with van der Waals surface area (Å²) in [5.74, 6) is 4.30. The van der Waals surface area contributed by atoms with Crippen LogP contribution in [0.3, 0.4) is 0 Å². The molecule has 4 aliphatic rings. The molecule has 0 aromatic carbocycles. The fourth-order valence-electron chi connectivity index (χ4n) is 10.2. The molecular formula is C30H53NO5. The summed E-state index contributed by atoms with van der Waals surface area (Å²) in [6, 6.07) is 0. The number of ether oxygens (including phenoxy) is 4. The Morgan fingerprint density at radius 2 is 1.69 bits per heavy atom. The van der Waals surface area contributed by atoms with E-state index in [0.29, 0.717) is 35.5 Å². The van der Waals surface area contributed by atoms with Gasteiger partial charge in [0.25, 0.3) is 0 Å². The lowest BCUT2D eigenvalue weighted by molar-refractivity contribution is -0.499. The minimum atomic E-state index is -1.50. The van der Waals surface area contributed by atoms with Crippen molar-refractivity contribution in [3.8, 4) is 0 Å². The lowest BCUT2D eigenvalue weighted by Crippen LogP contribution is -2.62. The molecule has 6 heteroatoms. The van der Waals surface area contributed by atoms with Gasteiger partial charge in [0.1, 0.15) is 0 Å². The summed E-state index contributed by atoms with van der Waals surface area (Å²) in [5, 5.41) is 0. The number of carbonyl (C=O) groups is 1. The molecule has 0 aliphatic heterocycles. The zero-order chi connectivity index (χ0) is 26.3. The van der Waals surface area contributed by atoms with Crippen LogP contribution in [0.2, 0.25) is 0 Å². The summed E-state index contributed by atoms with van der Waals surface area (Å²) in [6.45, 7) is 9.82. The van der Waals surface area contributed by atoms with Crippen LogP contribution in [0, 0.1) is 52.3 Å². The number of rotatable bonds is 10. The highest BCUT2D eigenvalue weighted by Gasteiger charge is 2.66. The Labute approximate surface area is 219 Å². The number of amides is 1. The molecule has 6 nitrogen and oxygen atoms in total. The van der Waals surface area contributed by atoms with Crippen LogP contribution in [0.5, 0.6) is 0 Å². The predicted molar refractivity (Wildman–Crippen MR) is 141 cm³/mol. The van der Waals surface area contributed by atoms with Crippen LogP contribution < -0.4 is 5.73 Å². The molecule has 0 heterocycles. The van der Waals surface area contributed by atoms with E-state index in [1.165, 1.54) is 51.4 Å². The lowest BCUT2D eigenvalue weighted by Gasteiger charge is -2.64. The summed E-state index contributed by atoms with van der Waals surface area (Å²) >= 11 is 0. The third-order valence-corrected chi connectivity index (χ3v) is 12.0. The van der Waals surface area contributed by atoms with Crippen molar-refractivity contribution >= 4 is 5.91 Å². The van der Waals surface area contributed by atoms with E-state index >= 15 is 0 Å². The maximum absolute atomic E-state index is 11.6. The zero-order valence-electron chi connectivity index (χ0n) is 24.0. The van der Waals surface area contributed by atoms with Gasteiger partial charge in [-0.25, -0.2) is 0 Å². The van der Waals surface area contributed by atoms with Crippen LogP contribution in [0.25, 0.3) is 0 Å². The monoisotopic (exact) mass is 507 g/mol. The fraction of sp³-hybridized carbons (Fsp3) is 0.967. The van der Waals surface area contributed by atoms with E-state index in [9.17, 15) is 4.79 Å². The third kappa shape index (κ3) is 4.56. The lowest BCUT2D eigenvalue weighted by atomic mass is 9.41. The molecule has 36 heavy (non-hydrogen) atoms. The van der Waals surface area contributed by atoms with Gasteiger partial charge in [-0.3, -0.25) is 9.53 Å². The van der Waals surface area contributed by atoms with Crippen molar-refractivity contribution < 1.29 is 23.7 Å². The van der Waals surface area contributed by atoms with E-state index < -0.39 is 6.16 Å². The van der Waals surface area contributed by atoms with Crippen LogP contribution in [0.15, 0.2) is 0 Å². The minimum absolute atomic E-state index is 0.0325. The first-order valence-corrected chi connectivity index (χ1v) is 14.7. The molecule has 10 atom stereocenters. The smallest absolute Gasteiger partial charge is 0.370 e. The van der Waals surface area contributed by atoms with E-state index in [1.807, 2.05) is 0 Å². The van der Waals surface area contributed by atoms with Gasteiger partial charge in [-0.05, 0) is 91.8 Å². The molecule has 0 aromatic heterocycles. The highest BCUT2D eigenvalue weighted by Crippen LogP contribution is 2.70. The molecule has 208 valence electrons. The third-order valence-electron chi connectivity index (χ3n) is 12.0. The van der Waals surface area contributed by atoms with E-state index in [4.69, 9.17) is 24.7 Å².